The highest BCUT2D eigenvalue weighted by atomic mass is 31.1. The number of aromatic nitrogens is 1. The minimum absolute atomic E-state index is 0.860. The van der Waals surface area contributed by atoms with Gasteiger partial charge in [-0.05, 0) is 64.7 Å². The minimum atomic E-state index is -0.891. The average Bonchev–Trinajstić information content (AvgIpc) is 3.01. The molecule has 2 aliphatic heterocycles. The zero-order valence-electron chi connectivity index (χ0n) is 20.9. The molecule has 2 aliphatic rings. The van der Waals surface area contributed by atoms with Crippen molar-refractivity contribution in [3.05, 3.63) is 134 Å². The van der Waals surface area contributed by atoms with E-state index in [1.165, 1.54) is 21.7 Å². The van der Waals surface area contributed by atoms with E-state index in [1.54, 1.807) is 6.20 Å². The van der Waals surface area contributed by atoms with E-state index < -0.39 is 7.92 Å². The van der Waals surface area contributed by atoms with Crippen molar-refractivity contribution in [1.82, 2.24) is 4.98 Å². The van der Waals surface area contributed by atoms with Gasteiger partial charge < -0.3 is 9.47 Å². The van der Waals surface area contributed by atoms with Gasteiger partial charge in [-0.3, -0.25) is 4.98 Å². The first-order valence-electron chi connectivity index (χ1n) is 13.0. The van der Waals surface area contributed by atoms with E-state index in [4.69, 9.17) is 9.47 Å². The van der Waals surface area contributed by atoms with E-state index in [0.29, 0.717) is 0 Å². The van der Waals surface area contributed by atoms with Gasteiger partial charge in [0.1, 0.15) is 23.0 Å². The lowest BCUT2D eigenvalue weighted by Gasteiger charge is -2.36. The molecule has 0 amide bonds. The molecule has 3 nitrogen and oxygen atoms in total. The van der Waals surface area contributed by atoms with Crippen LogP contribution >= 0.6 is 7.92 Å². The fourth-order valence-electron chi connectivity index (χ4n) is 5.48. The van der Waals surface area contributed by atoms with Gasteiger partial charge in [0, 0.05) is 42.1 Å². The fraction of sp³-hybridized carbons (Fsp3) is 0. The maximum atomic E-state index is 6.79. The Bertz CT molecular complexity index is 1840. The smallest absolute Gasteiger partial charge is 0.147 e. The average molecular weight is 520 g/mol. The van der Waals surface area contributed by atoms with Crippen molar-refractivity contribution in [2.75, 3.05) is 0 Å². The number of hydrogen-bond donors (Lipinski definition) is 0. The number of hydrogen-bond acceptors (Lipinski definition) is 3. The third-order valence-corrected chi connectivity index (χ3v) is 9.91. The third-order valence-electron chi connectivity index (χ3n) is 7.34. The van der Waals surface area contributed by atoms with Crippen molar-refractivity contribution >= 4 is 23.8 Å². The summed E-state index contributed by atoms with van der Waals surface area (Å²) >= 11 is 0. The Morgan fingerprint density at radius 3 is 1.72 bits per heavy atom. The molecule has 0 radical (unpaired) electrons. The molecular weight excluding hydrogens is 497 g/mol. The molecule has 6 aromatic rings. The van der Waals surface area contributed by atoms with Crippen LogP contribution in [0.15, 0.2) is 134 Å². The number of ether oxygens (including phenoxy) is 2. The Morgan fingerprint density at radius 2 is 1.10 bits per heavy atom. The highest BCUT2D eigenvalue weighted by Gasteiger charge is 2.38. The van der Waals surface area contributed by atoms with E-state index in [0.717, 1.165) is 50.6 Å². The number of rotatable bonds is 3. The molecule has 5 aromatic carbocycles. The monoisotopic (exact) mass is 519 g/mol. The summed E-state index contributed by atoms with van der Waals surface area (Å²) in [6.07, 6.45) is 3.69. The Morgan fingerprint density at radius 1 is 0.487 bits per heavy atom. The molecule has 3 heterocycles. The molecule has 0 bridgehead atoms. The van der Waals surface area contributed by atoms with Crippen LogP contribution in [0.3, 0.4) is 0 Å². The van der Waals surface area contributed by atoms with E-state index in [9.17, 15) is 0 Å². The van der Waals surface area contributed by atoms with Crippen molar-refractivity contribution in [1.29, 1.82) is 0 Å². The van der Waals surface area contributed by atoms with Gasteiger partial charge in [-0.2, -0.15) is 0 Å². The molecule has 0 saturated heterocycles. The second-order valence-electron chi connectivity index (χ2n) is 9.67. The standard InChI is InChI=1S/C35H22NO2P/c1-3-8-23(9-4-1)25-13-17-32-30(20-25)37-29-16-15-28(27-12-7-19-36-22-27)34-35(29)39(32)33-18-14-26(21-31(33)38-34)24-10-5-2-6-11-24/h1-22H. The maximum Gasteiger partial charge on any atom is 0.147 e. The molecule has 4 heteroatoms. The lowest BCUT2D eigenvalue weighted by Crippen LogP contribution is -2.32. The first-order valence-corrected chi connectivity index (χ1v) is 14.3. The van der Waals surface area contributed by atoms with Crippen LogP contribution in [0.2, 0.25) is 0 Å². The molecule has 1 unspecified atom stereocenters. The predicted molar refractivity (Wildman–Crippen MR) is 159 cm³/mol. The number of pyridine rings is 1. The molecule has 0 fully saturated rings. The van der Waals surface area contributed by atoms with Crippen LogP contribution in [-0.2, 0) is 0 Å². The summed E-state index contributed by atoms with van der Waals surface area (Å²) in [7, 11) is -0.891. The first-order chi connectivity index (χ1) is 19.3. The van der Waals surface area contributed by atoms with Crippen molar-refractivity contribution < 1.29 is 9.47 Å². The summed E-state index contributed by atoms with van der Waals surface area (Å²) in [5.41, 5.74) is 6.68. The van der Waals surface area contributed by atoms with Gasteiger partial charge in [-0.25, -0.2) is 0 Å². The van der Waals surface area contributed by atoms with Gasteiger partial charge in [-0.15, -0.1) is 0 Å². The predicted octanol–water partition coefficient (Wildman–Crippen LogP) is 8.05. The molecule has 1 aromatic heterocycles. The second-order valence-corrected chi connectivity index (χ2v) is 11.7. The first kappa shape index (κ1) is 22.3. The summed E-state index contributed by atoms with van der Waals surface area (Å²) in [5, 5.41) is 3.55. The molecule has 39 heavy (non-hydrogen) atoms. The van der Waals surface area contributed by atoms with Crippen LogP contribution in [-0.4, -0.2) is 4.98 Å². The van der Waals surface area contributed by atoms with Crippen LogP contribution < -0.4 is 25.4 Å². The van der Waals surface area contributed by atoms with Crippen LogP contribution in [0.25, 0.3) is 33.4 Å². The second kappa shape index (κ2) is 8.94. The van der Waals surface area contributed by atoms with Gasteiger partial charge in [-0.1, -0.05) is 78.9 Å². The fourth-order valence-corrected chi connectivity index (χ4v) is 8.04. The van der Waals surface area contributed by atoms with E-state index in [1.807, 2.05) is 24.4 Å². The molecule has 0 spiro atoms. The third kappa shape index (κ3) is 3.66. The molecular formula is C35H22NO2P. The molecule has 0 saturated carbocycles. The maximum absolute atomic E-state index is 6.79. The quantitative estimate of drug-likeness (QED) is 0.221. The van der Waals surface area contributed by atoms with Crippen LogP contribution in [0.4, 0.5) is 0 Å². The Hall–Kier alpha value is -4.72. The van der Waals surface area contributed by atoms with Gasteiger partial charge >= 0.3 is 0 Å². The highest BCUT2D eigenvalue weighted by molar-refractivity contribution is 7.80. The van der Waals surface area contributed by atoms with E-state index in [2.05, 4.69) is 108 Å². The van der Waals surface area contributed by atoms with Gasteiger partial charge in [0.05, 0.1) is 5.30 Å². The minimum Gasteiger partial charge on any atom is -0.456 e. The van der Waals surface area contributed by atoms with E-state index in [-0.39, 0.29) is 0 Å². The summed E-state index contributed by atoms with van der Waals surface area (Å²) in [5.74, 6) is 3.54. The SMILES string of the molecule is c1ccc(-c2ccc3c(c2)Oc2ccc(-c4cccnc4)c4c2P3c2ccc(-c3ccccc3)cc2O4)cc1. The summed E-state index contributed by atoms with van der Waals surface area (Å²) in [6, 6.07) is 42.4. The summed E-state index contributed by atoms with van der Waals surface area (Å²) in [6.45, 7) is 0. The zero-order chi connectivity index (χ0) is 25.8. The summed E-state index contributed by atoms with van der Waals surface area (Å²) < 4.78 is 13.4. The van der Waals surface area contributed by atoms with Crippen LogP contribution in [0.1, 0.15) is 0 Å². The topological polar surface area (TPSA) is 31.4 Å². The zero-order valence-corrected chi connectivity index (χ0v) is 21.8. The van der Waals surface area contributed by atoms with Crippen molar-refractivity contribution in [3.63, 3.8) is 0 Å². The Kier molecular flexibility index (Phi) is 5.11. The van der Waals surface area contributed by atoms with Gasteiger partial charge in [0.25, 0.3) is 0 Å². The van der Waals surface area contributed by atoms with Crippen LogP contribution in [0.5, 0.6) is 23.0 Å². The molecule has 0 N–H and O–H groups in total. The lowest BCUT2D eigenvalue weighted by molar-refractivity contribution is 0.468. The number of fused-ring (bicyclic) bond motifs is 4. The van der Waals surface area contributed by atoms with E-state index >= 15 is 0 Å². The van der Waals surface area contributed by atoms with Crippen molar-refractivity contribution in [2.45, 2.75) is 0 Å². The lowest BCUT2D eigenvalue weighted by atomic mass is 10.0. The number of nitrogens with zero attached hydrogens (tertiary/aromatic N) is 1. The molecule has 0 aliphatic carbocycles. The normalized spacial score (nSPS) is 14.3. The summed E-state index contributed by atoms with van der Waals surface area (Å²) in [4.78, 5) is 4.38. The molecule has 184 valence electrons. The van der Waals surface area contributed by atoms with Gasteiger partial charge in [0.15, 0.2) is 0 Å². The van der Waals surface area contributed by atoms with Crippen molar-refractivity contribution in [3.8, 4) is 56.4 Å². The highest BCUT2D eigenvalue weighted by Crippen LogP contribution is 2.55. The Balaban J connectivity index is 1.35. The Labute approximate surface area is 228 Å². The molecule has 8 rings (SSSR count). The molecule has 1 atom stereocenters. The van der Waals surface area contributed by atoms with Crippen molar-refractivity contribution in [2.24, 2.45) is 0 Å². The van der Waals surface area contributed by atoms with Gasteiger partial charge in [0.2, 0.25) is 0 Å². The largest absolute Gasteiger partial charge is 0.456 e. The van der Waals surface area contributed by atoms with Crippen LogP contribution in [0, 0.1) is 0 Å². The number of benzene rings is 5.